The largest absolute Gasteiger partial charge is 0.462 e. The van der Waals surface area contributed by atoms with Gasteiger partial charge in [0.2, 0.25) is 12.4 Å². The molecule has 0 aromatic heterocycles. The Morgan fingerprint density at radius 1 is 0.966 bits per heavy atom. The van der Waals surface area contributed by atoms with Gasteiger partial charge >= 0.3 is 23.9 Å². The molecular weight excluding hydrogens is 384 g/mol. The summed E-state index contributed by atoms with van der Waals surface area (Å²) in [5.74, 6) is -2.71. The fraction of sp³-hybridized carbons (Fsp3) is 0.500. The molecule has 0 amide bonds. The van der Waals surface area contributed by atoms with Crippen LogP contribution in [-0.4, -0.2) is 54.6 Å². The Bertz CT molecular complexity index is 805. The molecule has 1 heterocycles. The Labute approximate surface area is 167 Å². The molecule has 1 saturated carbocycles. The summed E-state index contributed by atoms with van der Waals surface area (Å²) in [5, 5.41) is 0. The van der Waals surface area contributed by atoms with E-state index in [2.05, 4.69) is 0 Å². The summed E-state index contributed by atoms with van der Waals surface area (Å²) in [4.78, 5) is 46.7. The van der Waals surface area contributed by atoms with E-state index in [-0.39, 0.29) is 12.5 Å². The summed E-state index contributed by atoms with van der Waals surface area (Å²) in [6, 6.07) is 8.49. The lowest BCUT2D eigenvalue weighted by Crippen LogP contribution is -2.42. The van der Waals surface area contributed by atoms with Crippen molar-refractivity contribution in [3.63, 3.8) is 0 Å². The van der Waals surface area contributed by atoms with E-state index in [9.17, 15) is 19.2 Å². The van der Waals surface area contributed by atoms with Crippen molar-refractivity contribution in [3.05, 3.63) is 35.9 Å². The number of benzene rings is 1. The molecule has 0 radical (unpaired) electrons. The van der Waals surface area contributed by atoms with Gasteiger partial charge in [0.05, 0.1) is 12.2 Å². The van der Waals surface area contributed by atoms with Crippen molar-refractivity contribution in [3.8, 4) is 0 Å². The van der Waals surface area contributed by atoms with Gasteiger partial charge in [0.15, 0.2) is 6.10 Å². The van der Waals surface area contributed by atoms with Gasteiger partial charge in [0.25, 0.3) is 0 Å². The predicted octanol–water partition coefficient (Wildman–Crippen LogP) is 1.38. The summed E-state index contributed by atoms with van der Waals surface area (Å²) in [7, 11) is 0. The van der Waals surface area contributed by atoms with Gasteiger partial charge in [-0.25, -0.2) is 4.79 Å². The van der Waals surface area contributed by atoms with E-state index in [1.54, 1.807) is 30.3 Å². The van der Waals surface area contributed by atoms with Crippen LogP contribution in [0.2, 0.25) is 0 Å². The van der Waals surface area contributed by atoms with Crippen LogP contribution in [0, 0.1) is 5.92 Å². The molecule has 156 valence electrons. The van der Waals surface area contributed by atoms with Crippen molar-refractivity contribution >= 4 is 23.9 Å². The van der Waals surface area contributed by atoms with Crippen LogP contribution < -0.4 is 0 Å². The Morgan fingerprint density at radius 3 is 2.17 bits per heavy atom. The van der Waals surface area contributed by atoms with Gasteiger partial charge in [-0.3, -0.25) is 14.4 Å². The maximum absolute atomic E-state index is 12.2. The minimum Gasteiger partial charge on any atom is -0.462 e. The second kappa shape index (κ2) is 8.20. The molecule has 0 N–H and O–H groups in total. The zero-order valence-corrected chi connectivity index (χ0v) is 16.3. The molecular formula is C20H22O9. The molecule has 1 aromatic rings. The van der Waals surface area contributed by atoms with E-state index in [4.69, 9.17) is 23.7 Å². The van der Waals surface area contributed by atoms with E-state index in [1.165, 1.54) is 20.8 Å². The quantitative estimate of drug-likeness (QED) is 0.510. The molecule has 0 bridgehead atoms. The van der Waals surface area contributed by atoms with Gasteiger partial charge in [-0.05, 0) is 18.6 Å². The molecule has 3 rings (SSSR count). The van der Waals surface area contributed by atoms with Crippen molar-refractivity contribution in [2.45, 2.75) is 51.3 Å². The fourth-order valence-electron chi connectivity index (χ4n) is 3.53. The molecule has 2 aliphatic rings. The van der Waals surface area contributed by atoms with Crippen molar-refractivity contribution in [1.29, 1.82) is 0 Å². The number of ether oxygens (including phenoxy) is 5. The summed E-state index contributed by atoms with van der Waals surface area (Å²) in [6.45, 7) is 3.59. The van der Waals surface area contributed by atoms with Crippen LogP contribution in [0.15, 0.2) is 30.3 Å². The monoisotopic (exact) mass is 406 g/mol. The molecule has 1 aliphatic heterocycles. The summed E-state index contributed by atoms with van der Waals surface area (Å²) in [5.41, 5.74) is -0.662. The third-order valence-electron chi connectivity index (χ3n) is 4.78. The second-order valence-electron chi connectivity index (χ2n) is 7.02. The zero-order valence-electron chi connectivity index (χ0n) is 16.3. The van der Waals surface area contributed by atoms with E-state index in [1.807, 2.05) is 0 Å². The van der Waals surface area contributed by atoms with Crippen LogP contribution in [-0.2, 0) is 38.1 Å². The lowest BCUT2D eigenvalue weighted by molar-refractivity contribution is -0.197. The average molecular weight is 406 g/mol. The van der Waals surface area contributed by atoms with Crippen LogP contribution in [0.5, 0.6) is 0 Å². The minimum atomic E-state index is -1.23. The number of hydrogen-bond donors (Lipinski definition) is 0. The molecule has 9 heteroatoms. The third-order valence-corrected chi connectivity index (χ3v) is 4.78. The Kier molecular flexibility index (Phi) is 5.88. The second-order valence-corrected chi connectivity index (χ2v) is 7.02. The van der Waals surface area contributed by atoms with Crippen LogP contribution in [0.3, 0.4) is 0 Å². The molecule has 2 fully saturated rings. The van der Waals surface area contributed by atoms with Gasteiger partial charge in [0, 0.05) is 26.7 Å². The lowest BCUT2D eigenvalue weighted by Gasteiger charge is -2.23. The molecule has 1 aliphatic carbocycles. The van der Waals surface area contributed by atoms with Crippen LogP contribution in [0.4, 0.5) is 0 Å². The third kappa shape index (κ3) is 4.56. The summed E-state index contributed by atoms with van der Waals surface area (Å²) >= 11 is 0. The molecule has 29 heavy (non-hydrogen) atoms. The molecule has 1 unspecified atom stereocenters. The van der Waals surface area contributed by atoms with Crippen molar-refractivity contribution in [1.82, 2.24) is 0 Å². The van der Waals surface area contributed by atoms with Gasteiger partial charge in [-0.2, -0.15) is 0 Å². The number of carbonyl (C=O) groups is 4. The van der Waals surface area contributed by atoms with Gasteiger partial charge in [0.1, 0.15) is 5.60 Å². The highest BCUT2D eigenvalue weighted by Gasteiger charge is 2.73. The smallest absolute Gasteiger partial charge is 0.338 e. The summed E-state index contributed by atoms with van der Waals surface area (Å²) < 4.78 is 26.9. The minimum absolute atomic E-state index is 0.00503. The summed E-state index contributed by atoms with van der Waals surface area (Å²) in [6.07, 6.45) is -2.96. The average Bonchev–Trinajstić information content (AvgIpc) is 3.28. The van der Waals surface area contributed by atoms with Crippen LogP contribution in [0.1, 0.15) is 37.6 Å². The van der Waals surface area contributed by atoms with E-state index >= 15 is 0 Å². The van der Waals surface area contributed by atoms with Gasteiger partial charge in [-0.15, -0.1) is 0 Å². The maximum atomic E-state index is 12.2. The topological polar surface area (TPSA) is 114 Å². The molecule has 9 nitrogen and oxygen atoms in total. The van der Waals surface area contributed by atoms with Crippen LogP contribution >= 0.6 is 0 Å². The number of esters is 4. The van der Waals surface area contributed by atoms with Crippen LogP contribution in [0.25, 0.3) is 0 Å². The molecule has 1 aromatic carbocycles. The number of carbonyl (C=O) groups excluding carboxylic acids is 4. The SMILES string of the molecule is CC(=O)OC1[C@H](OC(C)=O)[C@H](OC(C)=O)O[C@]12C[C@H]2COC(=O)c1ccccc1. The molecule has 5 atom stereocenters. The van der Waals surface area contributed by atoms with E-state index in [0.29, 0.717) is 12.0 Å². The first-order valence-electron chi connectivity index (χ1n) is 9.14. The maximum Gasteiger partial charge on any atom is 0.338 e. The first kappa shape index (κ1) is 20.8. The Hall–Kier alpha value is -2.94. The highest BCUT2D eigenvalue weighted by atomic mass is 16.8. The van der Waals surface area contributed by atoms with Crippen molar-refractivity contribution < 1.29 is 42.9 Å². The predicted molar refractivity (Wildman–Crippen MR) is 95.3 cm³/mol. The van der Waals surface area contributed by atoms with Gasteiger partial charge < -0.3 is 23.7 Å². The zero-order chi connectivity index (χ0) is 21.2. The van der Waals surface area contributed by atoms with Gasteiger partial charge in [-0.1, -0.05) is 18.2 Å². The normalized spacial score (nSPS) is 29.8. The standard InChI is InChI=1S/C20H22O9/c1-11(21)26-16-17(27-12(2)22)20(29-19(16)28-13(3)23)9-15(20)10-25-18(24)14-7-5-4-6-8-14/h4-8,15-17,19H,9-10H2,1-3H3/t15-,16-,17?,19+,20-/m0/s1. The molecule has 1 saturated heterocycles. The Balaban J connectivity index is 1.73. The highest BCUT2D eigenvalue weighted by Crippen LogP contribution is 2.57. The number of hydrogen-bond acceptors (Lipinski definition) is 9. The highest BCUT2D eigenvalue weighted by molar-refractivity contribution is 5.89. The van der Waals surface area contributed by atoms with E-state index < -0.39 is 48.0 Å². The lowest BCUT2D eigenvalue weighted by atomic mass is 10.1. The first-order valence-corrected chi connectivity index (χ1v) is 9.14. The first-order chi connectivity index (χ1) is 13.7. The van der Waals surface area contributed by atoms with E-state index in [0.717, 1.165) is 0 Å². The molecule has 1 spiro atoms. The fourth-order valence-corrected chi connectivity index (χ4v) is 3.53. The van der Waals surface area contributed by atoms with Crippen molar-refractivity contribution in [2.75, 3.05) is 6.61 Å². The van der Waals surface area contributed by atoms with Crippen molar-refractivity contribution in [2.24, 2.45) is 5.92 Å². The Morgan fingerprint density at radius 2 is 1.59 bits per heavy atom. The number of rotatable bonds is 6.